The first kappa shape index (κ1) is 23.0. The van der Waals surface area contributed by atoms with Crippen molar-refractivity contribution in [1.82, 2.24) is 9.80 Å². The van der Waals surface area contributed by atoms with Crippen LogP contribution in [-0.4, -0.2) is 68.9 Å². The lowest BCUT2D eigenvalue weighted by Crippen LogP contribution is -2.52. The van der Waals surface area contributed by atoms with E-state index in [0.29, 0.717) is 44.0 Å². The van der Waals surface area contributed by atoms with Crippen molar-refractivity contribution in [3.63, 3.8) is 0 Å². The molecule has 0 aliphatic carbocycles. The average molecular weight is 470 g/mol. The molecule has 1 unspecified atom stereocenters. The van der Waals surface area contributed by atoms with Crippen LogP contribution < -0.4 is 4.72 Å². The van der Waals surface area contributed by atoms with Crippen LogP contribution in [0.25, 0.3) is 6.08 Å². The van der Waals surface area contributed by atoms with Gasteiger partial charge in [-0.25, -0.2) is 8.42 Å². The maximum Gasteiger partial charge on any atom is 0.255 e. The van der Waals surface area contributed by atoms with Gasteiger partial charge in [0, 0.05) is 44.0 Å². The van der Waals surface area contributed by atoms with E-state index in [4.69, 9.17) is 4.74 Å². The summed E-state index contributed by atoms with van der Waals surface area (Å²) < 4.78 is 32.6. The third-order valence-electron chi connectivity index (χ3n) is 5.71. The third-order valence-corrected chi connectivity index (χ3v) is 6.73. The molecular weight excluding hydrogens is 442 g/mol. The van der Waals surface area contributed by atoms with Crippen molar-refractivity contribution < 1.29 is 22.7 Å². The first-order valence-corrected chi connectivity index (χ1v) is 12.5. The molecular formula is C24H27N3O5S. The zero-order valence-electron chi connectivity index (χ0n) is 18.2. The van der Waals surface area contributed by atoms with Gasteiger partial charge in [-0.15, -0.1) is 0 Å². The number of hydrogen-bond donors (Lipinski definition) is 1. The molecule has 2 saturated heterocycles. The van der Waals surface area contributed by atoms with Crippen molar-refractivity contribution in [3.05, 3.63) is 71.1 Å². The van der Waals surface area contributed by atoms with E-state index >= 15 is 0 Å². The number of carbonyl (C=O) groups is 2. The number of rotatable bonds is 6. The number of sulfonamides is 1. The van der Waals surface area contributed by atoms with Crippen LogP contribution in [-0.2, 0) is 19.6 Å². The van der Waals surface area contributed by atoms with Crippen LogP contribution in [0.1, 0.15) is 28.8 Å². The maximum atomic E-state index is 12.8. The van der Waals surface area contributed by atoms with Crippen LogP contribution in [0, 0.1) is 0 Å². The monoisotopic (exact) mass is 469 g/mol. The van der Waals surface area contributed by atoms with Gasteiger partial charge in [0.25, 0.3) is 21.8 Å². The second-order valence-electron chi connectivity index (χ2n) is 8.06. The summed E-state index contributed by atoms with van der Waals surface area (Å²) in [5.74, 6) is -0.129. The normalized spacial score (nSPS) is 19.1. The summed E-state index contributed by atoms with van der Waals surface area (Å²) in [6.07, 6.45) is 2.84. The lowest BCUT2D eigenvalue weighted by atomic mass is 10.1. The molecule has 2 fully saturated rings. The number of amides is 2. The first-order valence-electron chi connectivity index (χ1n) is 11.0. The summed E-state index contributed by atoms with van der Waals surface area (Å²) in [5.41, 5.74) is 1.62. The Morgan fingerprint density at radius 1 is 0.939 bits per heavy atom. The van der Waals surface area contributed by atoms with Crippen LogP contribution >= 0.6 is 0 Å². The fourth-order valence-electron chi connectivity index (χ4n) is 3.90. The zero-order chi connectivity index (χ0) is 23.3. The number of hydrogen-bond acceptors (Lipinski definition) is 5. The van der Waals surface area contributed by atoms with Crippen LogP contribution in [0.4, 0.5) is 5.69 Å². The van der Waals surface area contributed by atoms with E-state index in [1.165, 1.54) is 6.08 Å². The number of nitrogens with one attached hydrogen (secondary N) is 1. The zero-order valence-corrected chi connectivity index (χ0v) is 19.0. The predicted octanol–water partition coefficient (Wildman–Crippen LogP) is 2.56. The van der Waals surface area contributed by atoms with Gasteiger partial charge in [0.1, 0.15) is 6.10 Å². The number of ether oxygens (including phenoxy) is 1. The second kappa shape index (κ2) is 10.2. The number of anilines is 1. The molecule has 174 valence electrons. The number of nitrogens with zero attached hydrogens (tertiary/aromatic N) is 2. The maximum absolute atomic E-state index is 12.8. The highest BCUT2D eigenvalue weighted by Crippen LogP contribution is 2.18. The Labute approximate surface area is 193 Å². The molecule has 1 N–H and O–H groups in total. The highest BCUT2D eigenvalue weighted by Gasteiger charge is 2.31. The predicted molar refractivity (Wildman–Crippen MR) is 126 cm³/mol. The Morgan fingerprint density at radius 2 is 1.61 bits per heavy atom. The van der Waals surface area contributed by atoms with E-state index in [9.17, 15) is 18.0 Å². The Balaban J connectivity index is 1.31. The molecule has 2 aromatic rings. The minimum absolute atomic E-state index is 0.0116. The summed E-state index contributed by atoms with van der Waals surface area (Å²) in [6.45, 7) is 2.50. The minimum atomic E-state index is -3.68. The van der Waals surface area contributed by atoms with Gasteiger partial charge in [-0.1, -0.05) is 30.3 Å². The van der Waals surface area contributed by atoms with Crippen molar-refractivity contribution >= 4 is 33.6 Å². The van der Waals surface area contributed by atoms with Gasteiger partial charge in [0.05, 0.1) is 5.41 Å². The molecule has 9 heteroatoms. The summed E-state index contributed by atoms with van der Waals surface area (Å²) in [6, 6.07) is 15.5. The van der Waals surface area contributed by atoms with Crippen molar-refractivity contribution in [2.24, 2.45) is 0 Å². The number of carbonyl (C=O) groups excluding carboxylic acids is 2. The van der Waals surface area contributed by atoms with Crippen LogP contribution in [0.5, 0.6) is 0 Å². The van der Waals surface area contributed by atoms with Crippen LogP contribution in [0.2, 0.25) is 0 Å². The van der Waals surface area contributed by atoms with Gasteiger partial charge >= 0.3 is 0 Å². The molecule has 4 rings (SSSR count). The molecule has 2 heterocycles. The molecule has 2 aliphatic rings. The van der Waals surface area contributed by atoms with Gasteiger partial charge in [-0.2, -0.15) is 0 Å². The fourth-order valence-corrected chi connectivity index (χ4v) is 4.77. The highest BCUT2D eigenvalue weighted by molar-refractivity contribution is 7.95. The summed E-state index contributed by atoms with van der Waals surface area (Å²) >= 11 is 0. The molecule has 2 amide bonds. The molecule has 0 aromatic heterocycles. The van der Waals surface area contributed by atoms with Gasteiger partial charge in [-0.05, 0) is 48.7 Å². The van der Waals surface area contributed by atoms with Crippen LogP contribution in [0.15, 0.2) is 60.0 Å². The van der Waals surface area contributed by atoms with Crippen molar-refractivity contribution in [2.75, 3.05) is 37.5 Å². The summed E-state index contributed by atoms with van der Waals surface area (Å²) in [7, 11) is -3.68. The quantitative estimate of drug-likeness (QED) is 0.702. The first-order chi connectivity index (χ1) is 15.9. The number of piperazine rings is 1. The van der Waals surface area contributed by atoms with Gasteiger partial charge < -0.3 is 14.5 Å². The van der Waals surface area contributed by atoms with Crippen molar-refractivity contribution in [2.45, 2.75) is 18.9 Å². The molecule has 0 saturated carbocycles. The second-order valence-corrected chi connectivity index (χ2v) is 9.62. The minimum Gasteiger partial charge on any atom is -0.368 e. The Bertz CT molecular complexity index is 1100. The van der Waals surface area contributed by atoms with Crippen LogP contribution in [0.3, 0.4) is 0 Å². The summed E-state index contributed by atoms with van der Waals surface area (Å²) in [4.78, 5) is 28.8. The molecule has 1 atom stereocenters. The molecule has 0 spiro atoms. The standard InChI is InChI=1S/C24H27N3O5S/c28-23(26-13-15-27(16-14-26)24(29)22-7-4-17-32-22)20-8-10-21(11-9-20)25-33(30,31)18-12-19-5-2-1-3-6-19/h1-3,5-6,8-12,18,22,25H,4,7,13-17H2/b18-12+. The molecule has 2 aromatic carbocycles. The van der Waals surface area contributed by atoms with Gasteiger partial charge in [0.15, 0.2) is 0 Å². The third kappa shape index (κ3) is 6.00. The lowest BCUT2D eigenvalue weighted by Gasteiger charge is -2.35. The topological polar surface area (TPSA) is 96.0 Å². The van der Waals surface area contributed by atoms with E-state index in [0.717, 1.165) is 23.8 Å². The molecule has 8 nitrogen and oxygen atoms in total. The Morgan fingerprint density at radius 3 is 2.24 bits per heavy atom. The Kier molecular flexibility index (Phi) is 7.10. The lowest BCUT2D eigenvalue weighted by molar-refractivity contribution is -0.142. The molecule has 33 heavy (non-hydrogen) atoms. The van der Waals surface area contributed by atoms with Crippen molar-refractivity contribution in [3.8, 4) is 0 Å². The Hall–Kier alpha value is -3.17. The van der Waals surface area contributed by atoms with Gasteiger partial charge in [0.2, 0.25) is 0 Å². The highest BCUT2D eigenvalue weighted by atomic mass is 32.2. The molecule has 0 radical (unpaired) electrons. The van der Waals surface area contributed by atoms with E-state index < -0.39 is 10.0 Å². The average Bonchev–Trinajstić information content (AvgIpc) is 3.38. The van der Waals surface area contributed by atoms with E-state index in [1.54, 1.807) is 34.1 Å². The van der Waals surface area contributed by atoms with E-state index in [2.05, 4.69) is 4.72 Å². The van der Waals surface area contributed by atoms with E-state index in [-0.39, 0.29) is 17.9 Å². The summed E-state index contributed by atoms with van der Waals surface area (Å²) in [5, 5.41) is 1.11. The smallest absolute Gasteiger partial charge is 0.255 e. The fraction of sp³-hybridized carbons (Fsp3) is 0.333. The van der Waals surface area contributed by atoms with Crippen molar-refractivity contribution in [1.29, 1.82) is 0 Å². The number of benzene rings is 2. The van der Waals surface area contributed by atoms with E-state index in [1.807, 2.05) is 30.3 Å². The molecule has 0 bridgehead atoms. The SMILES string of the molecule is O=C(c1ccc(NS(=O)(=O)/C=C/c2ccccc2)cc1)N1CCN(C(=O)C2CCCO2)CC1. The largest absolute Gasteiger partial charge is 0.368 e. The van der Waals surface area contributed by atoms with Gasteiger partial charge in [-0.3, -0.25) is 14.3 Å². The molecule has 2 aliphatic heterocycles.